The van der Waals surface area contributed by atoms with Crippen LogP contribution in [0.1, 0.15) is 27.9 Å². The van der Waals surface area contributed by atoms with Crippen LogP contribution in [0.2, 0.25) is 0 Å². The molecule has 4 heteroatoms. The summed E-state index contributed by atoms with van der Waals surface area (Å²) in [5, 5.41) is 2.75. The second-order valence-electron chi connectivity index (χ2n) is 3.67. The summed E-state index contributed by atoms with van der Waals surface area (Å²) in [7, 11) is 0. The molecule has 0 aromatic heterocycles. The first kappa shape index (κ1) is 10.4. The number of nitrogens with two attached hydrogens (primary N) is 1. The summed E-state index contributed by atoms with van der Waals surface area (Å²) >= 11 is 0. The predicted octanol–water partition coefficient (Wildman–Crippen LogP) is 0.819. The van der Waals surface area contributed by atoms with Crippen molar-refractivity contribution in [2.45, 2.75) is 13.0 Å². The van der Waals surface area contributed by atoms with Crippen LogP contribution >= 0.6 is 0 Å². The van der Waals surface area contributed by atoms with E-state index in [0.29, 0.717) is 6.54 Å². The summed E-state index contributed by atoms with van der Waals surface area (Å²) in [6.45, 7) is 0.575. The fraction of sp³-hybridized carbons (Fsp3) is 0.167. The highest BCUT2D eigenvalue weighted by Gasteiger charge is 2.17. The number of primary amides is 1. The molecule has 0 fully saturated rings. The average molecular weight is 216 g/mol. The van der Waals surface area contributed by atoms with Crippen LogP contribution in [0.15, 0.2) is 24.3 Å². The third-order valence-corrected chi connectivity index (χ3v) is 2.44. The van der Waals surface area contributed by atoms with E-state index >= 15 is 0 Å². The van der Waals surface area contributed by atoms with Crippen molar-refractivity contribution >= 4 is 17.9 Å². The smallest absolute Gasteiger partial charge is 0.251 e. The van der Waals surface area contributed by atoms with Gasteiger partial charge in [0.1, 0.15) is 0 Å². The molecule has 1 aromatic rings. The summed E-state index contributed by atoms with van der Waals surface area (Å²) in [4.78, 5) is 21.8. The molecule has 0 saturated carbocycles. The normalized spacial score (nSPS) is 13.9. The molecular weight excluding hydrogens is 204 g/mol. The molecule has 0 bridgehead atoms. The van der Waals surface area contributed by atoms with E-state index in [0.717, 1.165) is 16.7 Å². The molecule has 16 heavy (non-hydrogen) atoms. The van der Waals surface area contributed by atoms with Crippen LogP contribution in [-0.2, 0) is 11.3 Å². The summed E-state index contributed by atoms with van der Waals surface area (Å²) in [6.07, 6.45) is 3.77. The van der Waals surface area contributed by atoms with E-state index in [2.05, 4.69) is 5.32 Å². The van der Waals surface area contributed by atoms with Crippen LogP contribution < -0.4 is 11.1 Å². The molecule has 3 N–H and O–H groups in total. The Morgan fingerprint density at radius 1 is 1.50 bits per heavy atom. The van der Waals surface area contributed by atoms with Crippen molar-refractivity contribution < 1.29 is 9.59 Å². The number of benzene rings is 1. The van der Waals surface area contributed by atoms with E-state index in [-0.39, 0.29) is 18.2 Å². The van der Waals surface area contributed by atoms with Crippen molar-refractivity contribution in [3.05, 3.63) is 41.0 Å². The van der Waals surface area contributed by atoms with Crippen LogP contribution in [0.3, 0.4) is 0 Å². The van der Waals surface area contributed by atoms with Crippen LogP contribution in [0.25, 0.3) is 6.08 Å². The van der Waals surface area contributed by atoms with Gasteiger partial charge in [-0.25, -0.2) is 0 Å². The monoisotopic (exact) mass is 216 g/mol. The highest BCUT2D eigenvalue weighted by molar-refractivity contribution is 5.98. The Hall–Kier alpha value is -2.10. The topological polar surface area (TPSA) is 72.2 Å². The number of rotatable bonds is 3. The van der Waals surface area contributed by atoms with Crippen molar-refractivity contribution in [1.82, 2.24) is 5.32 Å². The lowest BCUT2D eigenvalue weighted by molar-refractivity contribution is -0.117. The number of fused-ring (bicyclic) bond motifs is 1. The summed E-state index contributed by atoms with van der Waals surface area (Å²) in [6, 6.07) is 5.58. The maximum Gasteiger partial charge on any atom is 0.251 e. The van der Waals surface area contributed by atoms with Gasteiger partial charge in [-0.1, -0.05) is 18.2 Å². The van der Waals surface area contributed by atoms with E-state index in [4.69, 9.17) is 5.73 Å². The number of hydrogen-bond donors (Lipinski definition) is 2. The minimum Gasteiger partial charge on any atom is -0.369 e. The molecule has 2 amide bonds. The first-order valence-electron chi connectivity index (χ1n) is 5.03. The van der Waals surface area contributed by atoms with E-state index in [1.165, 1.54) is 0 Å². The third kappa shape index (κ3) is 2.11. The molecule has 1 heterocycles. The molecule has 0 unspecified atom stereocenters. The molecular formula is C12H12N2O2. The van der Waals surface area contributed by atoms with Crippen LogP contribution in [0.4, 0.5) is 0 Å². The molecule has 1 aliphatic rings. The van der Waals surface area contributed by atoms with E-state index in [1.807, 2.05) is 18.2 Å². The second kappa shape index (κ2) is 4.18. The van der Waals surface area contributed by atoms with Crippen LogP contribution in [0, 0.1) is 0 Å². The number of carbonyl (C=O) groups is 2. The molecule has 0 aliphatic carbocycles. The van der Waals surface area contributed by atoms with Crippen LogP contribution in [-0.4, -0.2) is 11.8 Å². The fourth-order valence-electron chi connectivity index (χ4n) is 1.67. The zero-order valence-corrected chi connectivity index (χ0v) is 8.69. The third-order valence-electron chi connectivity index (χ3n) is 2.44. The molecule has 1 aromatic carbocycles. The first-order chi connectivity index (χ1) is 7.66. The largest absolute Gasteiger partial charge is 0.369 e. The van der Waals surface area contributed by atoms with Gasteiger partial charge in [-0.15, -0.1) is 0 Å². The zero-order valence-electron chi connectivity index (χ0n) is 8.69. The second-order valence-corrected chi connectivity index (χ2v) is 3.67. The van der Waals surface area contributed by atoms with Crippen molar-refractivity contribution in [3.63, 3.8) is 0 Å². The van der Waals surface area contributed by atoms with Gasteiger partial charge in [-0.2, -0.15) is 0 Å². The molecule has 0 saturated heterocycles. The van der Waals surface area contributed by atoms with Crippen molar-refractivity contribution in [3.8, 4) is 0 Å². The number of nitrogens with one attached hydrogen (secondary N) is 1. The summed E-state index contributed by atoms with van der Waals surface area (Å²) in [5.41, 5.74) is 7.71. The van der Waals surface area contributed by atoms with Crippen molar-refractivity contribution in [2.75, 3.05) is 0 Å². The number of amides is 2. The van der Waals surface area contributed by atoms with Gasteiger partial charge in [-0.3, -0.25) is 9.59 Å². The molecule has 1 aliphatic heterocycles. The van der Waals surface area contributed by atoms with Gasteiger partial charge in [0.25, 0.3) is 5.91 Å². The lowest BCUT2D eigenvalue weighted by Gasteiger charge is -1.97. The number of carbonyl (C=O) groups excluding carboxylic acids is 2. The highest BCUT2D eigenvalue weighted by Crippen LogP contribution is 2.17. The lowest BCUT2D eigenvalue weighted by atomic mass is 10.1. The van der Waals surface area contributed by atoms with Gasteiger partial charge >= 0.3 is 0 Å². The quantitative estimate of drug-likeness (QED) is 0.785. The highest BCUT2D eigenvalue weighted by atomic mass is 16.2. The minimum atomic E-state index is -0.353. The minimum absolute atomic E-state index is 0.0253. The number of hydrogen-bond acceptors (Lipinski definition) is 2. The van der Waals surface area contributed by atoms with Gasteiger partial charge < -0.3 is 11.1 Å². The van der Waals surface area contributed by atoms with Crippen molar-refractivity contribution in [1.29, 1.82) is 0 Å². The first-order valence-corrected chi connectivity index (χ1v) is 5.03. The maximum atomic E-state index is 11.3. The van der Waals surface area contributed by atoms with Gasteiger partial charge in [0.2, 0.25) is 5.91 Å². The summed E-state index contributed by atoms with van der Waals surface area (Å²) in [5.74, 6) is -0.378. The van der Waals surface area contributed by atoms with Crippen LogP contribution in [0.5, 0.6) is 0 Å². The molecule has 0 spiro atoms. The summed E-state index contributed by atoms with van der Waals surface area (Å²) < 4.78 is 0. The van der Waals surface area contributed by atoms with Gasteiger partial charge in [0.05, 0.1) is 0 Å². The average Bonchev–Trinajstić information content (AvgIpc) is 2.60. The maximum absolute atomic E-state index is 11.3. The van der Waals surface area contributed by atoms with E-state index in [1.54, 1.807) is 12.1 Å². The Bertz CT molecular complexity index is 478. The van der Waals surface area contributed by atoms with Gasteiger partial charge in [-0.05, 0) is 23.3 Å². The van der Waals surface area contributed by atoms with Gasteiger partial charge in [0.15, 0.2) is 0 Å². The standard InChI is InChI=1S/C12H12N2O2/c13-11(15)3-1-2-8-4-5-10-9(6-8)7-14-12(10)16/h1-2,4-6H,3,7H2,(H2,13,15)(H,14,16). The molecule has 0 atom stereocenters. The predicted molar refractivity (Wildman–Crippen MR) is 60.5 cm³/mol. The Balaban J connectivity index is 2.16. The van der Waals surface area contributed by atoms with E-state index in [9.17, 15) is 9.59 Å². The Labute approximate surface area is 93.1 Å². The molecule has 0 radical (unpaired) electrons. The van der Waals surface area contributed by atoms with Crippen molar-refractivity contribution in [2.24, 2.45) is 5.73 Å². The van der Waals surface area contributed by atoms with Gasteiger partial charge in [0, 0.05) is 18.5 Å². The van der Waals surface area contributed by atoms with E-state index < -0.39 is 0 Å². The molecule has 82 valence electrons. The Morgan fingerprint density at radius 2 is 2.31 bits per heavy atom. The SMILES string of the molecule is NC(=O)CC=Cc1ccc2c(c1)CNC2=O. The molecule has 2 rings (SSSR count). The Morgan fingerprint density at radius 3 is 3.06 bits per heavy atom. The lowest BCUT2D eigenvalue weighted by Crippen LogP contribution is -2.12. The molecule has 4 nitrogen and oxygen atoms in total. The Kier molecular flexibility index (Phi) is 2.72. The fourth-order valence-corrected chi connectivity index (χ4v) is 1.67. The zero-order chi connectivity index (χ0) is 11.5.